The second-order valence-corrected chi connectivity index (χ2v) is 6.59. The van der Waals surface area contributed by atoms with E-state index in [1.54, 1.807) is 0 Å². The number of aromatic nitrogens is 1. The van der Waals surface area contributed by atoms with Crippen molar-refractivity contribution in [2.24, 2.45) is 5.92 Å². The molecule has 19 heavy (non-hydrogen) atoms. The zero-order valence-corrected chi connectivity index (χ0v) is 13.7. The first kappa shape index (κ1) is 15.1. The molecule has 1 aliphatic heterocycles. The predicted molar refractivity (Wildman–Crippen MR) is 88.4 cm³/mol. The molecule has 0 saturated carbocycles. The standard InChI is InChI=1S/C14H15BrN2S.ClH/c15-13-5-12-8-17-4-2-11(12)6-14(13)18-9-10-1-3-16-7-10;/h2,4-6,8,10,16H,1,3,7,9H2;1H. The summed E-state index contributed by atoms with van der Waals surface area (Å²) in [7, 11) is 0. The Morgan fingerprint density at radius 2 is 2.26 bits per heavy atom. The van der Waals surface area contributed by atoms with Crippen molar-refractivity contribution in [2.45, 2.75) is 11.3 Å². The highest BCUT2D eigenvalue weighted by atomic mass is 79.9. The number of hydrogen-bond donors (Lipinski definition) is 1. The van der Waals surface area contributed by atoms with Crippen LogP contribution in [-0.2, 0) is 0 Å². The third-order valence-corrected chi connectivity index (χ3v) is 5.53. The fraction of sp³-hybridized carbons (Fsp3) is 0.357. The van der Waals surface area contributed by atoms with Gasteiger partial charge in [-0.05, 0) is 64.9 Å². The average molecular weight is 360 g/mol. The van der Waals surface area contributed by atoms with Gasteiger partial charge in [0.15, 0.2) is 0 Å². The SMILES string of the molecule is Brc1cc2cnccc2cc1SCC1CCNC1.Cl. The molecule has 2 heterocycles. The summed E-state index contributed by atoms with van der Waals surface area (Å²) in [6.45, 7) is 2.35. The molecule has 0 bridgehead atoms. The monoisotopic (exact) mass is 358 g/mol. The number of benzene rings is 1. The number of nitrogens with one attached hydrogen (secondary N) is 1. The van der Waals surface area contributed by atoms with Crippen molar-refractivity contribution in [3.05, 3.63) is 35.1 Å². The topological polar surface area (TPSA) is 24.9 Å². The predicted octanol–water partition coefficient (Wildman–Crippen LogP) is 4.12. The summed E-state index contributed by atoms with van der Waals surface area (Å²) in [5, 5.41) is 5.87. The summed E-state index contributed by atoms with van der Waals surface area (Å²) >= 11 is 5.61. The molecule has 2 nitrogen and oxygen atoms in total. The van der Waals surface area contributed by atoms with E-state index in [0.29, 0.717) is 0 Å². The lowest BCUT2D eigenvalue weighted by Crippen LogP contribution is -2.10. The van der Waals surface area contributed by atoms with Crippen LogP contribution in [0.5, 0.6) is 0 Å². The molecular weight excluding hydrogens is 344 g/mol. The quantitative estimate of drug-likeness (QED) is 0.834. The first-order valence-corrected chi connectivity index (χ1v) is 7.97. The van der Waals surface area contributed by atoms with E-state index in [4.69, 9.17) is 0 Å². The molecule has 1 saturated heterocycles. The Kier molecular flexibility index (Phi) is 5.51. The highest BCUT2D eigenvalue weighted by molar-refractivity contribution is 9.10. The van der Waals surface area contributed by atoms with Crippen LogP contribution in [0.1, 0.15) is 6.42 Å². The third-order valence-electron chi connectivity index (χ3n) is 3.33. The first-order valence-electron chi connectivity index (χ1n) is 6.20. The lowest BCUT2D eigenvalue weighted by molar-refractivity contribution is 0.662. The highest BCUT2D eigenvalue weighted by Gasteiger charge is 2.15. The van der Waals surface area contributed by atoms with Crippen molar-refractivity contribution < 1.29 is 0 Å². The fourth-order valence-corrected chi connectivity index (χ4v) is 4.07. The van der Waals surface area contributed by atoms with Gasteiger partial charge in [-0.1, -0.05) is 0 Å². The van der Waals surface area contributed by atoms with Crippen molar-refractivity contribution >= 4 is 50.9 Å². The summed E-state index contributed by atoms with van der Waals surface area (Å²) in [5.74, 6) is 2.01. The minimum absolute atomic E-state index is 0. The van der Waals surface area contributed by atoms with E-state index in [1.165, 1.54) is 45.4 Å². The Morgan fingerprint density at radius 1 is 1.37 bits per heavy atom. The van der Waals surface area contributed by atoms with Crippen molar-refractivity contribution in [3.63, 3.8) is 0 Å². The van der Waals surface area contributed by atoms with E-state index in [-0.39, 0.29) is 12.4 Å². The summed E-state index contributed by atoms with van der Waals surface area (Å²) in [6, 6.07) is 6.49. The van der Waals surface area contributed by atoms with Gasteiger partial charge in [0.25, 0.3) is 0 Å². The molecule has 5 heteroatoms. The first-order chi connectivity index (χ1) is 8.83. The lowest BCUT2D eigenvalue weighted by atomic mass is 10.2. The van der Waals surface area contributed by atoms with E-state index < -0.39 is 0 Å². The Balaban J connectivity index is 0.00000133. The van der Waals surface area contributed by atoms with E-state index in [0.717, 1.165) is 5.92 Å². The maximum absolute atomic E-state index is 4.16. The van der Waals surface area contributed by atoms with Crippen molar-refractivity contribution in [1.82, 2.24) is 10.3 Å². The van der Waals surface area contributed by atoms with Crippen LogP contribution in [0.25, 0.3) is 10.8 Å². The summed E-state index contributed by atoms with van der Waals surface area (Å²) in [6.07, 6.45) is 5.07. The van der Waals surface area contributed by atoms with Crippen LogP contribution in [0.4, 0.5) is 0 Å². The zero-order chi connectivity index (χ0) is 12.4. The normalized spacial score (nSPS) is 18.5. The van der Waals surface area contributed by atoms with Gasteiger partial charge < -0.3 is 5.32 Å². The van der Waals surface area contributed by atoms with Crippen LogP contribution in [-0.4, -0.2) is 23.8 Å². The molecule has 0 spiro atoms. The Bertz CT molecular complexity index is 558. The molecular formula is C14H16BrClN2S. The van der Waals surface area contributed by atoms with E-state index in [9.17, 15) is 0 Å². The van der Waals surface area contributed by atoms with Gasteiger partial charge in [0.1, 0.15) is 0 Å². The molecule has 1 aromatic carbocycles. The average Bonchev–Trinajstić information content (AvgIpc) is 2.89. The van der Waals surface area contributed by atoms with Crippen LogP contribution in [0.15, 0.2) is 40.0 Å². The molecule has 3 rings (SSSR count). The van der Waals surface area contributed by atoms with Crippen molar-refractivity contribution in [2.75, 3.05) is 18.8 Å². The summed E-state index contributed by atoms with van der Waals surface area (Å²) in [4.78, 5) is 5.49. The minimum Gasteiger partial charge on any atom is -0.316 e. The second kappa shape index (κ2) is 6.93. The van der Waals surface area contributed by atoms with Gasteiger partial charge in [0, 0.05) is 32.9 Å². The molecule has 0 amide bonds. The Morgan fingerprint density at radius 3 is 3.05 bits per heavy atom. The number of thioether (sulfide) groups is 1. The highest BCUT2D eigenvalue weighted by Crippen LogP contribution is 2.33. The Labute approximate surface area is 132 Å². The van der Waals surface area contributed by atoms with Crippen LogP contribution < -0.4 is 5.32 Å². The minimum atomic E-state index is 0. The van der Waals surface area contributed by atoms with Crippen LogP contribution in [0.3, 0.4) is 0 Å². The third kappa shape index (κ3) is 3.63. The van der Waals surface area contributed by atoms with E-state index in [2.05, 4.69) is 44.4 Å². The lowest BCUT2D eigenvalue weighted by Gasteiger charge is -2.10. The molecule has 0 radical (unpaired) electrons. The number of halogens is 2. The fourth-order valence-electron chi connectivity index (χ4n) is 2.26. The zero-order valence-electron chi connectivity index (χ0n) is 10.4. The van der Waals surface area contributed by atoms with Crippen LogP contribution in [0.2, 0.25) is 0 Å². The molecule has 1 aromatic heterocycles. The maximum Gasteiger partial charge on any atom is 0.0346 e. The van der Waals surface area contributed by atoms with Crippen LogP contribution >= 0.6 is 40.1 Å². The van der Waals surface area contributed by atoms with Gasteiger partial charge in [0.05, 0.1) is 0 Å². The van der Waals surface area contributed by atoms with Gasteiger partial charge in [-0.2, -0.15) is 0 Å². The molecule has 1 N–H and O–H groups in total. The van der Waals surface area contributed by atoms with Crippen molar-refractivity contribution in [1.29, 1.82) is 0 Å². The Hall–Kier alpha value is -0.290. The molecule has 0 aliphatic carbocycles. The van der Waals surface area contributed by atoms with E-state index >= 15 is 0 Å². The van der Waals surface area contributed by atoms with Gasteiger partial charge in [0.2, 0.25) is 0 Å². The molecule has 102 valence electrons. The molecule has 1 fully saturated rings. The largest absolute Gasteiger partial charge is 0.316 e. The van der Waals surface area contributed by atoms with Crippen molar-refractivity contribution in [3.8, 4) is 0 Å². The summed E-state index contributed by atoms with van der Waals surface area (Å²) in [5.41, 5.74) is 0. The van der Waals surface area contributed by atoms with E-state index in [1.807, 2.05) is 24.2 Å². The van der Waals surface area contributed by atoms with Gasteiger partial charge in [-0.3, -0.25) is 4.98 Å². The summed E-state index contributed by atoms with van der Waals surface area (Å²) < 4.78 is 1.18. The number of hydrogen-bond acceptors (Lipinski definition) is 3. The van der Waals surface area contributed by atoms with Gasteiger partial charge in [-0.25, -0.2) is 0 Å². The van der Waals surface area contributed by atoms with Crippen LogP contribution in [0, 0.1) is 5.92 Å². The smallest absolute Gasteiger partial charge is 0.0346 e. The molecule has 1 unspecified atom stereocenters. The second-order valence-electron chi connectivity index (χ2n) is 4.68. The maximum atomic E-state index is 4.16. The van der Waals surface area contributed by atoms with Gasteiger partial charge >= 0.3 is 0 Å². The van der Waals surface area contributed by atoms with Gasteiger partial charge in [-0.15, -0.1) is 24.2 Å². The molecule has 2 aromatic rings. The molecule has 1 aliphatic rings. The number of rotatable bonds is 3. The number of nitrogens with zero attached hydrogens (tertiary/aromatic N) is 1. The molecule has 1 atom stereocenters. The number of fused-ring (bicyclic) bond motifs is 1. The number of pyridine rings is 1.